The Morgan fingerprint density at radius 1 is 1.06 bits per heavy atom. The maximum Gasteiger partial charge on any atom is 0.290 e. The summed E-state index contributed by atoms with van der Waals surface area (Å²) in [5.41, 5.74) is 5.93. The van der Waals surface area contributed by atoms with Crippen LogP contribution in [0.15, 0.2) is 59.4 Å². The molecule has 160 valence electrons. The highest BCUT2D eigenvalue weighted by Gasteiger charge is 2.19. The first kappa shape index (κ1) is 22.0. The van der Waals surface area contributed by atoms with Gasteiger partial charge in [0.25, 0.3) is 12.0 Å². The summed E-state index contributed by atoms with van der Waals surface area (Å²) in [7, 11) is 1.89. The van der Waals surface area contributed by atoms with Crippen LogP contribution in [-0.4, -0.2) is 37.6 Å². The first-order valence-corrected chi connectivity index (χ1v) is 9.86. The minimum absolute atomic E-state index is 0.0747. The van der Waals surface area contributed by atoms with Crippen LogP contribution in [-0.2, 0) is 18.3 Å². The van der Waals surface area contributed by atoms with Gasteiger partial charge < -0.3 is 10.2 Å². The molecular formula is C24H25N3O4. The average Bonchev–Trinajstić information content (AvgIpc) is 2.98. The van der Waals surface area contributed by atoms with Gasteiger partial charge in [0.2, 0.25) is 0 Å². The Labute approximate surface area is 179 Å². The summed E-state index contributed by atoms with van der Waals surface area (Å²) in [6.07, 6.45) is 0.622. The third kappa shape index (κ3) is 4.27. The van der Waals surface area contributed by atoms with Crippen LogP contribution in [0, 0.1) is 13.8 Å². The van der Waals surface area contributed by atoms with Crippen LogP contribution in [0.3, 0.4) is 0 Å². The predicted molar refractivity (Wildman–Crippen MR) is 121 cm³/mol. The molecule has 0 bridgehead atoms. The molecule has 0 atom stereocenters. The molecule has 0 radical (unpaired) electrons. The largest absolute Gasteiger partial charge is 0.483 e. The summed E-state index contributed by atoms with van der Waals surface area (Å²) >= 11 is 0. The van der Waals surface area contributed by atoms with Crippen molar-refractivity contribution in [3.05, 3.63) is 81.8 Å². The van der Waals surface area contributed by atoms with Crippen molar-refractivity contribution in [1.82, 2.24) is 14.3 Å². The lowest BCUT2D eigenvalue weighted by atomic mass is 10.0. The second kappa shape index (κ2) is 9.40. The van der Waals surface area contributed by atoms with Crippen LogP contribution in [0.1, 0.15) is 16.8 Å². The number of aryl methyl sites for hydroxylation is 1. The zero-order chi connectivity index (χ0) is 22.5. The van der Waals surface area contributed by atoms with Crippen LogP contribution in [0.4, 0.5) is 0 Å². The van der Waals surface area contributed by atoms with E-state index in [1.807, 2.05) is 74.1 Å². The number of aliphatic hydroxyl groups excluding tert-OH is 1. The minimum atomic E-state index is -0.250. The zero-order valence-corrected chi connectivity index (χ0v) is 17.7. The van der Waals surface area contributed by atoms with E-state index >= 15 is 0 Å². The second-order valence-electron chi connectivity index (χ2n) is 7.19. The normalized spacial score (nSPS) is 10.6. The smallest absolute Gasteiger partial charge is 0.290 e. The van der Waals surface area contributed by atoms with Crippen LogP contribution in [0.5, 0.6) is 0 Å². The lowest BCUT2D eigenvalue weighted by Crippen LogP contribution is -2.20. The predicted octanol–water partition coefficient (Wildman–Crippen LogP) is 3.24. The minimum Gasteiger partial charge on any atom is -0.483 e. The number of carboxylic acid groups (broad SMARTS) is 1. The molecule has 2 heterocycles. The molecule has 2 N–H and O–H groups in total. The van der Waals surface area contributed by atoms with Gasteiger partial charge in [-0.3, -0.25) is 14.3 Å². The molecule has 31 heavy (non-hydrogen) atoms. The first-order chi connectivity index (χ1) is 14.9. The van der Waals surface area contributed by atoms with E-state index in [0.29, 0.717) is 17.7 Å². The number of nitrogens with zero attached hydrogens (tertiary/aromatic N) is 3. The summed E-state index contributed by atoms with van der Waals surface area (Å²) in [4.78, 5) is 26.4. The number of aromatic nitrogens is 3. The van der Waals surface area contributed by atoms with Crippen LogP contribution in [0.25, 0.3) is 27.8 Å². The Morgan fingerprint density at radius 2 is 1.74 bits per heavy atom. The van der Waals surface area contributed by atoms with Crippen molar-refractivity contribution in [1.29, 1.82) is 0 Å². The van der Waals surface area contributed by atoms with Crippen molar-refractivity contribution in [2.75, 3.05) is 6.61 Å². The molecule has 0 saturated carbocycles. The van der Waals surface area contributed by atoms with E-state index in [-0.39, 0.29) is 18.6 Å². The number of hydrogen-bond donors (Lipinski definition) is 2. The van der Waals surface area contributed by atoms with Crippen LogP contribution in [0.2, 0.25) is 0 Å². The van der Waals surface area contributed by atoms with Gasteiger partial charge in [-0.1, -0.05) is 24.3 Å². The van der Waals surface area contributed by atoms with Gasteiger partial charge in [0.05, 0.1) is 22.5 Å². The summed E-state index contributed by atoms with van der Waals surface area (Å²) in [6, 6.07) is 17.6. The van der Waals surface area contributed by atoms with Gasteiger partial charge in [-0.2, -0.15) is 0 Å². The van der Waals surface area contributed by atoms with E-state index in [9.17, 15) is 9.90 Å². The van der Waals surface area contributed by atoms with Crippen LogP contribution >= 0.6 is 0 Å². The molecule has 0 unspecified atom stereocenters. The zero-order valence-electron chi connectivity index (χ0n) is 17.7. The van der Waals surface area contributed by atoms with E-state index in [1.165, 1.54) is 0 Å². The fraction of sp³-hybridized carbons (Fsp3) is 0.208. The molecule has 0 amide bonds. The monoisotopic (exact) mass is 419 g/mol. The quantitative estimate of drug-likeness (QED) is 0.495. The highest BCUT2D eigenvalue weighted by atomic mass is 16.3. The van der Waals surface area contributed by atoms with Crippen LogP contribution < -0.4 is 5.56 Å². The number of benzene rings is 2. The molecule has 4 rings (SSSR count). The van der Waals surface area contributed by atoms with Gasteiger partial charge in [-0.15, -0.1) is 0 Å². The summed E-state index contributed by atoms with van der Waals surface area (Å²) in [6.45, 7) is 3.85. The standard InChI is InChI=1S/C23H23N3O2.CH2O2/c1-15-13-21(24-20-10-9-17(11-12-27)14-19(15)20)22-16(2)25(3)26(23(22)28)18-7-5-4-6-8-18;2-1-3/h4-10,13-14,27H,11-12H2,1-3H3;1H,(H,2,3). The van der Waals surface area contributed by atoms with Crippen molar-refractivity contribution in [2.24, 2.45) is 7.05 Å². The molecule has 0 aliphatic carbocycles. The number of rotatable bonds is 4. The van der Waals surface area contributed by atoms with E-state index < -0.39 is 0 Å². The Morgan fingerprint density at radius 3 is 2.39 bits per heavy atom. The molecular weight excluding hydrogens is 394 g/mol. The van der Waals surface area contributed by atoms with Crippen molar-refractivity contribution >= 4 is 17.4 Å². The number of para-hydroxylation sites is 1. The topological polar surface area (TPSA) is 97.4 Å². The van der Waals surface area contributed by atoms with Crippen molar-refractivity contribution < 1.29 is 15.0 Å². The molecule has 2 aromatic carbocycles. The van der Waals surface area contributed by atoms with Gasteiger partial charge in [-0.05, 0) is 61.7 Å². The molecule has 4 aromatic rings. The molecule has 0 aliphatic rings. The maximum absolute atomic E-state index is 13.3. The van der Waals surface area contributed by atoms with E-state index in [2.05, 4.69) is 6.07 Å². The molecule has 7 heteroatoms. The highest BCUT2D eigenvalue weighted by molar-refractivity contribution is 5.85. The van der Waals surface area contributed by atoms with Crippen molar-refractivity contribution in [3.8, 4) is 16.9 Å². The van der Waals surface area contributed by atoms with Gasteiger partial charge in [0, 0.05) is 24.7 Å². The van der Waals surface area contributed by atoms with Crippen molar-refractivity contribution in [3.63, 3.8) is 0 Å². The van der Waals surface area contributed by atoms with E-state index in [1.54, 1.807) is 4.68 Å². The van der Waals surface area contributed by atoms with Gasteiger partial charge >= 0.3 is 0 Å². The van der Waals surface area contributed by atoms with Gasteiger partial charge in [0.15, 0.2) is 0 Å². The Kier molecular flexibility index (Phi) is 6.67. The summed E-state index contributed by atoms with van der Waals surface area (Å²) in [5, 5.41) is 17.1. The number of fused-ring (bicyclic) bond motifs is 1. The number of carbonyl (C=O) groups is 1. The third-order valence-corrected chi connectivity index (χ3v) is 5.29. The highest BCUT2D eigenvalue weighted by Crippen LogP contribution is 2.26. The molecule has 0 spiro atoms. The lowest BCUT2D eigenvalue weighted by molar-refractivity contribution is -0.122. The fourth-order valence-corrected chi connectivity index (χ4v) is 3.72. The second-order valence-corrected chi connectivity index (χ2v) is 7.19. The fourth-order valence-electron chi connectivity index (χ4n) is 3.72. The Hall–Kier alpha value is -3.71. The molecule has 0 aliphatic heterocycles. The van der Waals surface area contributed by atoms with Gasteiger partial charge in [-0.25, -0.2) is 9.67 Å². The SMILES string of the molecule is Cc1cc(-c2c(C)n(C)n(-c3ccccc3)c2=O)nc2ccc(CCO)cc12.O=CO. The number of hydrogen-bond acceptors (Lipinski definition) is 4. The Bertz CT molecular complexity index is 1270. The number of pyridine rings is 1. The molecule has 7 nitrogen and oxygen atoms in total. The third-order valence-electron chi connectivity index (χ3n) is 5.29. The maximum atomic E-state index is 13.3. The van der Waals surface area contributed by atoms with Crippen molar-refractivity contribution in [2.45, 2.75) is 20.3 Å². The molecule has 0 saturated heterocycles. The Balaban J connectivity index is 0.000000858. The molecule has 2 aromatic heterocycles. The lowest BCUT2D eigenvalue weighted by Gasteiger charge is -2.08. The van der Waals surface area contributed by atoms with Gasteiger partial charge in [0.1, 0.15) is 0 Å². The average molecular weight is 419 g/mol. The molecule has 0 fully saturated rings. The summed E-state index contributed by atoms with van der Waals surface area (Å²) < 4.78 is 3.55. The first-order valence-electron chi connectivity index (χ1n) is 9.86. The summed E-state index contributed by atoms with van der Waals surface area (Å²) in [5.74, 6) is 0. The van der Waals surface area contributed by atoms with E-state index in [4.69, 9.17) is 14.9 Å². The number of aliphatic hydroxyl groups is 1. The van der Waals surface area contributed by atoms with E-state index in [0.717, 1.165) is 33.4 Å².